The molecule has 2 amide bonds. The molecule has 0 fully saturated rings. The molecule has 0 aliphatic carbocycles. The topological polar surface area (TPSA) is 96.0 Å². The Morgan fingerprint density at radius 3 is 2.00 bits per heavy atom. The minimum atomic E-state index is -4.19. The molecular formula is C37H43N3O5S. The molecule has 0 radical (unpaired) electrons. The maximum Gasteiger partial charge on any atom is 0.264 e. The highest BCUT2D eigenvalue weighted by atomic mass is 32.2. The van der Waals surface area contributed by atoms with Gasteiger partial charge in [-0.3, -0.25) is 13.9 Å². The third-order valence-electron chi connectivity index (χ3n) is 7.82. The van der Waals surface area contributed by atoms with Crippen molar-refractivity contribution in [2.45, 2.75) is 57.5 Å². The van der Waals surface area contributed by atoms with Gasteiger partial charge in [0.25, 0.3) is 10.0 Å². The normalized spacial score (nSPS) is 11.8. The van der Waals surface area contributed by atoms with Crippen LogP contribution < -0.4 is 14.4 Å². The first-order chi connectivity index (χ1) is 22.1. The van der Waals surface area contributed by atoms with Crippen LogP contribution in [0.4, 0.5) is 5.69 Å². The first kappa shape index (κ1) is 34.2. The fraction of sp³-hybridized carbons (Fsp3) is 0.297. The monoisotopic (exact) mass is 641 g/mol. The Labute approximate surface area is 273 Å². The van der Waals surface area contributed by atoms with Crippen LogP contribution in [0.25, 0.3) is 0 Å². The average molecular weight is 642 g/mol. The summed E-state index contributed by atoms with van der Waals surface area (Å²) < 4.78 is 34.7. The predicted octanol–water partition coefficient (Wildman–Crippen LogP) is 6.06. The zero-order valence-corrected chi connectivity index (χ0v) is 27.8. The van der Waals surface area contributed by atoms with E-state index in [0.717, 1.165) is 39.4 Å². The van der Waals surface area contributed by atoms with Crippen LogP contribution in [0.5, 0.6) is 5.75 Å². The molecular weight excluding hydrogens is 598 g/mol. The van der Waals surface area contributed by atoms with Crippen LogP contribution in [-0.4, -0.2) is 51.4 Å². The van der Waals surface area contributed by atoms with Gasteiger partial charge in [0.1, 0.15) is 18.3 Å². The van der Waals surface area contributed by atoms with Gasteiger partial charge in [0.05, 0.1) is 17.7 Å². The molecule has 0 saturated heterocycles. The van der Waals surface area contributed by atoms with E-state index < -0.39 is 28.5 Å². The summed E-state index contributed by atoms with van der Waals surface area (Å²) in [5.41, 5.74) is 4.08. The van der Waals surface area contributed by atoms with E-state index in [-0.39, 0.29) is 23.8 Å². The van der Waals surface area contributed by atoms with Crippen LogP contribution in [0.3, 0.4) is 0 Å². The number of rotatable bonds is 15. The van der Waals surface area contributed by atoms with E-state index in [9.17, 15) is 18.0 Å². The first-order valence-corrected chi connectivity index (χ1v) is 17.0. The molecule has 0 saturated carbocycles. The Kier molecular flexibility index (Phi) is 12.0. The Morgan fingerprint density at radius 2 is 1.41 bits per heavy atom. The molecule has 0 aliphatic rings. The van der Waals surface area contributed by atoms with Crippen molar-refractivity contribution in [2.75, 3.05) is 24.5 Å². The van der Waals surface area contributed by atoms with Crippen molar-refractivity contribution in [3.63, 3.8) is 0 Å². The molecule has 1 unspecified atom stereocenters. The predicted molar refractivity (Wildman–Crippen MR) is 182 cm³/mol. The molecule has 0 aliphatic heterocycles. The van der Waals surface area contributed by atoms with Gasteiger partial charge in [-0.05, 0) is 67.8 Å². The summed E-state index contributed by atoms with van der Waals surface area (Å²) >= 11 is 0. The molecule has 0 spiro atoms. The largest absolute Gasteiger partial charge is 0.497 e. The SMILES string of the molecule is CCCCNC(=O)C(Cc1ccccc1)N(Cc1ccc(C)cc1)C(=O)CN(c1ccc(C)cc1)S(=O)(=O)c1ccc(OC)cc1. The van der Waals surface area contributed by atoms with Crippen LogP contribution in [0, 0.1) is 13.8 Å². The van der Waals surface area contributed by atoms with E-state index in [1.807, 2.05) is 75.4 Å². The maximum atomic E-state index is 14.5. The van der Waals surface area contributed by atoms with Crippen LogP contribution in [-0.2, 0) is 32.6 Å². The third-order valence-corrected chi connectivity index (χ3v) is 9.61. The number of carbonyl (C=O) groups is 2. The number of carbonyl (C=O) groups excluding carboxylic acids is 2. The van der Waals surface area contributed by atoms with Crippen molar-refractivity contribution < 1.29 is 22.7 Å². The summed E-state index contributed by atoms with van der Waals surface area (Å²) in [4.78, 5) is 29.9. The number of methoxy groups -OCH3 is 1. The Hall–Kier alpha value is -4.63. The Bertz CT molecular complexity index is 1670. The van der Waals surface area contributed by atoms with Gasteiger partial charge in [-0.2, -0.15) is 0 Å². The molecule has 1 N–H and O–H groups in total. The van der Waals surface area contributed by atoms with E-state index in [1.54, 1.807) is 36.4 Å². The van der Waals surface area contributed by atoms with E-state index >= 15 is 0 Å². The number of sulfonamides is 1. The summed E-state index contributed by atoms with van der Waals surface area (Å²) in [6.45, 7) is 6.04. The molecule has 4 aromatic carbocycles. The van der Waals surface area contributed by atoms with Gasteiger partial charge in [-0.1, -0.05) is 91.2 Å². The van der Waals surface area contributed by atoms with Crippen LogP contribution in [0.15, 0.2) is 108 Å². The van der Waals surface area contributed by atoms with Crippen molar-refractivity contribution in [1.82, 2.24) is 10.2 Å². The lowest BCUT2D eigenvalue weighted by atomic mass is 10.0. The second-order valence-corrected chi connectivity index (χ2v) is 13.2. The molecule has 0 aromatic heterocycles. The molecule has 0 bridgehead atoms. The molecule has 9 heteroatoms. The number of anilines is 1. The van der Waals surface area contributed by atoms with Gasteiger partial charge in [0, 0.05) is 19.5 Å². The quantitative estimate of drug-likeness (QED) is 0.159. The Morgan fingerprint density at radius 1 is 0.804 bits per heavy atom. The minimum Gasteiger partial charge on any atom is -0.497 e. The molecule has 4 rings (SSSR count). The molecule has 1 atom stereocenters. The molecule has 242 valence electrons. The zero-order valence-electron chi connectivity index (χ0n) is 27.0. The first-order valence-electron chi connectivity index (χ1n) is 15.5. The average Bonchev–Trinajstić information content (AvgIpc) is 3.07. The summed E-state index contributed by atoms with van der Waals surface area (Å²) in [5, 5.41) is 3.02. The van der Waals surface area contributed by atoms with Gasteiger partial charge in [-0.15, -0.1) is 0 Å². The number of benzene rings is 4. The highest BCUT2D eigenvalue weighted by Crippen LogP contribution is 2.27. The Balaban J connectivity index is 1.78. The molecule has 8 nitrogen and oxygen atoms in total. The van der Waals surface area contributed by atoms with E-state index in [4.69, 9.17) is 4.74 Å². The third kappa shape index (κ3) is 8.97. The van der Waals surface area contributed by atoms with Crippen LogP contribution in [0.2, 0.25) is 0 Å². The van der Waals surface area contributed by atoms with Gasteiger partial charge >= 0.3 is 0 Å². The summed E-state index contributed by atoms with van der Waals surface area (Å²) in [6.07, 6.45) is 1.98. The standard InChI is InChI=1S/C37H43N3O5S/c1-5-6-24-38-37(42)35(25-30-10-8-7-9-11-30)39(26-31-16-12-28(2)13-17-31)36(41)27-40(32-18-14-29(3)15-19-32)46(43,44)34-22-20-33(45-4)21-23-34/h7-23,35H,5-6,24-27H2,1-4H3,(H,38,42). The number of ether oxygens (including phenoxy) is 1. The van der Waals surface area contributed by atoms with Crippen LogP contribution >= 0.6 is 0 Å². The summed E-state index contributed by atoms with van der Waals surface area (Å²) in [7, 11) is -2.68. The van der Waals surface area contributed by atoms with E-state index in [0.29, 0.717) is 18.0 Å². The molecule has 4 aromatic rings. The molecule has 46 heavy (non-hydrogen) atoms. The van der Waals surface area contributed by atoms with Gasteiger partial charge < -0.3 is 15.0 Å². The van der Waals surface area contributed by atoms with Crippen molar-refractivity contribution in [2.24, 2.45) is 0 Å². The summed E-state index contributed by atoms with van der Waals surface area (Å²) in [6, 6.07) is 29.5. The van der Waals surface area contributed by atoms with Gasteiger partial charge in [-0.25, -0.2) is 8.42 Å². The van der Waals surface area contributed by atoms with E-state index in [1.165, 1.54) is 24.1 Å². The smallest absolute Gasteiger partial charge is 0.264 e. The lowest BCUT2D eigenvalue weighted by Gasteiger charge is -2.34. The van der Waals surface area contributed by atoms with Gasteiger partial charge in [0.2, 0.25) is 11.8 Å². The number of unbranched alkanes of at least 4 members (excludes halogenated alkanes) is 1. The second kappa shape index (κ2) is 16.1. The number of hydrogen-bond donors (Lipinski definition) is 1. The van der Waals surface area contributed by atoms with Crippen molar-refractivity contribution >= 4 is 27.5 Å². The lowest BCUT2D eigenvalue weighted by molar-refractivity contribution is -0.140. The zero-order chi connectivity index (χ0) is 33.1. The lowest BCUT2D eigenvalue weighted by Crippen LogP contribution is -2.53. The van der Waals surface area contributed by atoms with Crippen LogP contribution in [0.1, 0.15) is 42.0 Å². The number of hydrogen-bond acceptors (Lipinski definition) is 5. The number of aryl methyl sites for hydroxylation is 2. The van der Waals surface area contributed by atoms with Crippen molar-refractivity contribution in [3.05, 3.63) is 125 Å². The maximum absolute atomic E-state index is 14.5. The number of amides is 2. The highest BCUT2D eigenvalue weighted by molar-refractivity contribution is 7.92. The van der Waals surface area contributed by atoms with Crippen molar-refractivity contribution in [1.29, 1.82) is 0 Å². The minimum absolute atomic E-state index is 0.0184. The van der Waals surface area contributed by atoms with Gasteiger partial charge in [0.15, 0.2) is 0 Å². The fourth-order valence-corrected chi connectivity index (χ4v) is 6.48. The number of nitrogens with one attached hydrogen (secondary N) is 1. The fourth-order valence-electron chi connectivity index (χ4n) is 5.07. The highest BCUT2D eigenvalue weighted by Gasteiger charge is 2.34. The van der Waals surface area contributed by atoms with Crippen molar-refractivity contribution in [3.8, 4) is 5.75 Å². The second-order valence-electron chi connectivity index (χ2n) is 11.4. The van der Waals surface area contributed by atoms with E-state index in [2.05, 4.69) is 5.32 Å². The number of nitrogens with zero attached hydrogens (tertiary/aromatic N) is 2. The summed E-state index contributed by atoms with van der Waals surface area (Å²) in [5.74, 6) is -0.263. The molecule has 0 heterocycles.